The van der Waals surface area contributed by atoms with Crippen molar-refractivity contribution in [3.8, 4) is 5.75 Å². The zero-order valence-corrected chi connectivity index (χ0v) is 15.8. The molecule has 0 unspecified atom stereocenters. The van der Waals surface area contributed by atoms with E-state index in [-0.39, 0.29) is 11.3 Å². The summed E-state index contributed by atoms with van der Waals surface area (Å²) < 4.78 is 0. The molecule has 1 heterocycles. The lowest BCUT2D eigenvalue weighted by molar-refractivity contribution is -0.135. The van der Waals surface area contributed by atoms with Crippen LogP contribution in [-0.2, 0) is 16.8 Å². The van der Waals surface area contributed by atoms with Crippen LogP contribution in [0.15, 0.2) is 78.9 Å². The lowest BCUT2D eigenvalue weighted by Crippen LogP contribution is -2.42. The van der Waals surface area contributed by atoms with Crippen LogP contribution in [0, 0.1) is 0 Å². The first kappa shape index (κ1) is 18.9. The van der Waals surface area contributed by atoms with Crippen LogP contribution in [0.4, 0.5) is 5.69 Å². The molecule has 4 rings (SSSR count). The van der Waals surface area contributed by atoms with Gasteiger partial charge in [0.15, 0.2) is 11.4 Å². The summed E-state index contributed by atoms with van der Waals surface area (Å²) in [6.45, 7) is 0.396. The molecular formula is C24H21NO4. The smallest absolute Gasteiger partial charge is 0.264 e. The molecule has 5 nitrogen and oxygen atoms in total. The lowest BCUT2D eigenvalue weighted by atomic mass is 9.88. The fraction of sp³-hybridized carbons (Fsp3) is 0.167. The first-order chi connectivity index (χ1) is 14.0. The summed E-state index contributed by atoms with van der Waals surface area (Å²) in [6, 6.07) is 22.9. The maximum absolute atomic E-state index is 13.2. The van der Waals surface area contributed by atoms with Crippen molar-refractivity contribution < 1.29 is 19.8 Å². The first-order valence-corrected chi connectivity index (χ1v) is 9.49. The van der Waals surface area contributed by atoms with Gasteiger partial charge in [0.25, 0.3) is 5.91 Å². The van der Waals surface area contributed by atoms with Gasteiger partial charge in [-0.05, 0) is 30.2 Å². The van der Waals surface area contributed by atoms with Crippen molar-refractivity contribution in [1.82, 2.24) is 0 Å². The van der Waals surface area contributed by atoms with E-state index in [0.717, 1.165) is 5.56 Å². The number of anilines is 1. The topological polar surface area (TPSA) is 77.8 Å². The average molecular weight is 387 g/mol. The molecule has 1 aliphatic heterocycles. The van der Waals surface area contributed by atoms with E-state index in [4.69, 9.17) is 0 Å². The third-order valence-corrected chi connectivity index (χ3v) is 5.33. The van der Waals surface area contributed by atoms with Crippen LogP contribution in [0.25, 0.3) is 0 Å². The minimum Gasteiger partial charge on any atom is -0.507 e. The molecule has 1 amide bonds. The van der Waals surface area contributed by atoms with E-state index in [2.05, 4.69) is 0 Å². The van der Waals surface area contributed by atoms with Gasteiger partial charge in [0.05, 0.1) is 17.7 Å². The maximum atomic E-state index is 13.2. The Balaban J connectivity index is 1.63. The molecule has 0 saturated heterocycles. The van der Waals surface area contributed by atoms with Gasteiger partial charge in [-0.25, -0.2) is 0 Å². The number of phenols is 1. The summed E-state index contributed by atoms with van der Waals surface area (Å²) in [4.78, 5) is 27.5. The number of ketones is 1. The second-order valence-corrected chi connectivity index (χ2v) is 7.19. The number of fused-ring (bicyclic) bond motifs is 1. The number of hydrogen-bond donors (Lipinski definition) is 2. The number of carbonyl (C=O) groups excluding carboxylic acids is 2. The minimum atomic E-state index is -1.95. The van der Waals surface area contributed by atoms with Crippen molar-refractivity contribution in [1.29, 1.82) is 0 Å². The van der Waals surface area contributed by atoms with Crippen molar-refractivity contribution in [3.05, 3.63) is 95.6 Å². The molecule has 1 aliphatic rings. The highest BCUT2D eigenvalue weighted by Crippen LogP contribution is 2.43. The molecule has 0 aromatic heterocycles. The number of phenolic OH excluding ortho intramolecular Hbond substituents is 1. The van der Waals surface area contributed by atoms with Gasteiger partial charge in [0, 0.05) is 12.1 Å². The quantitative estimate of drug-likeness (QED) is 0.635. The molecular weight excluding hydrogens is 366 g/mol. The second-order valence-electron chi connectivity index (χ2n) is 7.19. The van der Waals surface area contributed by atoms with Crippen molar-refractivity contribution in [2.24, 2.45) is 0 Å². The summed E-state index contributed by atoms with van der Waals surface area (Å²) in [6.07, 6.45) is 0.201. The highest BCUT2D eigenvalue weighted by atomic mass is 16.3. The Labute approximate surface area is 168 Å². The highest BCUT2D eigenvalue weighted by Gasteiger charge is 2.50. The number of carbonyl (C=O) groups is 2. The van der Waals surface area contributed by atoms with E-state index in [0.29, 0.717) is 24.2 Å². The number of benzene rings is 3. The van der Waals surface area contributed by atoms with Crippen LogP contribution in [-0.4, -0.2) is 28.4 Å². The van der Waals surface area contributed by atoms with Gasteiger partial charge in [0.1, 0.15) is 5.75 Å². The number of Topliss-reactive ketones (excluding diaryl/α,β-unsaturated/α-hetero) is 1. The minimum absolute atomic E-state index is 0.0916. The molecule has 3 aromatic carbocycles. The summed E-state index contributed by atoms with van der Waals surface area (Å²) in [5, 5.41) is 21.3. The predicted octanol–water partition coefficient (Wildman–Crippen LogP) is 3.44. The summed E-state index contributed by atoms with van der Waals surface area (Å²) in [5.41, 5.74) is 0.252. The van der Waals surface area contributed by atoms with Crippen molar-refractivity contribution in [2.75, 3.05) is 11.4 Å². The van der Waals surface area contributed by atoms with Gasteiger partial charge in [-0.3, -0.25) is 9.59 Å². The van der Waals surface area contributed by atoms with E-state index in [9.17, 15) is 19.8 Å². The first-order valence-electron chi connectivity index (χ1n) is 9.49. The van der Waals surface area contributed by atoms with Gasteiger partial charge in [0.2, 0.25) is 0 Å². The number of aromatic hydroxyl groups is 1. The number of aliphatic hydroxyl groups is 1. The van der Waals surface area contributed by atoms with Crippen LogP contribution in [0.2, 0.25) is 0 Å². The van der Waals surface area contributed by atoms with Crippen molar-refractivity contribution >= 4 is 17.4 Å². The number of nitrogens with zero attached hydrogens (tertiary/aromatic N) is 1. The standard InChI is InChI=1S/C24H21NO4/c26-21-13-7-4-10-18(21)22(27)16-24(29)19-11-5-6-12-20(19)25(23(24)28)15-14-17-8-2-1-3-9-17/h1-13,26,29H,14-16H2/t24-/m0/s1. The molecule has 0 spiro atoms. The fourth-order valence-electron chi connectivity index (χ4n) is 3.82. The molecule has 0 fully saturated rings. The SMILES string of the molecule is O=C(C[C@@]1(O)C(=O)N(CCc2ccccc2)c2ccccc21)c1ccccc1O. The molecule has 0 aliphatic carbocycles. The highest BCUT2D eigenvalue weighted by molar-refractivity contribution is 6.11. The Kier molecular flexibility index (Phi) is 4.91. The van der Waals surface area contributed by atoms with Gasteiger partial charge in [-0.1, -0.05) is 60.7 Å². The number of amides is 1. The third kappa shape index (κ3) is 3.41. The van der Waals surface area contributed by atoms with Crippen molar-refractivity contribution in [2.45, 2.75) is 18.4 Å². The molecule has 29 heavy (non-hydrogen) atoms. The number of hydrogen-bond acceptors (Lipinski definition) is 4. The van der Waals surface area contributed by atoms with Crippen LogP contribution < -0.4 is 4.90 Å². The van der Waals surface area contributed by atoms with Gasteiger partial charge in [-0.15, -0.1) is 0 Å². The van der Waals surface area contributed by atoms with Gasteiger partial charge >= 0.3 is 0 Å². The zero-order valence-electron chi connectivity index (χ0n) is 15.8. The summed E-state index contributed by atoms with van der Waals surface area (Å²) in [7, 11) is 0. The predicted molar refractivity (Wildman–Crippen MR) is 110 cm³/mol. The molecule has 0 saturated carbocycles. The largest absolute Gasteiger partial charge is 0.507 e. The molecule has 1 atom stereocenters. The molecule has 2 N–H and O–H groups in total. The molecule has 146 valence electrons. The van der Waals surface area contributed by atoms with Crippen LogP contribution >= 0.6 is 0 Å². The Morgan fingerprint density at radius 3 is 2.31 bits per heavy atom. The van der Waals surface area contributed by atoms with Crippen LogP contribution in [0.3, 0.4) is 0 Å². The second kappa shape index (κ2) is 7.53. The van der Waals surface area contributed by atoms with E-state index < -0.39 is 23.7 Å². The zero-order chi connectivity index (χ0) is 20.4. The molecule has 0 bridgehead atoms. The van der Waals surface area contributed by atoms with E-state index >= 15 is 0 Å². The molecule has 5 heteroatoms. The van der Waals surface area contributed by atoms with Crippen LogP contribution in [0.1, 0.15) is 27.9 Å². The Morgan fingerprint density at radius 1 is 0.897 bits per heavy atom. The van der Waals surface area contributed by atoms with Crippen LogP contribution in [0.5, 0.6) is 5.75 Å². The third-order valence-electron chi connectivity index (χ3n) is 5.33. The van der Waals surface area contributed by atoms with E-state index in [1.807, 2.05) is 30.3 Å². The van der Waals surface area contributed by atoms with Crippen molar-refractivity contribution in [3.63, 3.8) is 0 Å². The average Bonchev–Trinajstić information content (AvgIpc) is 2.94. The Hall–Kier alpha value is -3.44. The summed E-state index contributed by atoms with van der Waals surface area (Å²) >= 11 is 0. The Morgan fingerprint density at radius 2 is 1.55 bits per heavy atom. The Bertz CT molecular complexity index is 1060. The number of para-hydroxylation sites is 2. The van der Waals surface area contributed by atoms with E-state index in [1.54, 1.807) is 41.3 Å². The summed E-state index contributed by atoms with van der Waals surface area (Å²) in [5.74, 6) is -1.17. The lowest BCUT2D eigenvalue weighted by Gasteiger charge is -2.23. The fourth-order valence-corrected chi connectivity index (χ4v) is 3.82. The maximum Gasteiger partial charge on any atom is 0.264 e. The van der Waals surface area contributed by atoms with E-state index in [1.165, 1.54) is 12.1 Å². The molecule has 0 radical (unpaired) electrons. The molecule has 3 aromatic rings. The normalized spacial score (nSPS) is 18.0. The van der Waals surface area contributed by atoms with Gasteiger partial charge < -0.3 is 15.1 Å². The number of rotatable bonds is 6. The monoisotopic (exact) mass is 387 g/mol. The van der Waals surface area contributed by atoms with Gasteiger partial charge in [-0.2, -0.15) is 0 Å².